The lowest BCUT2D eigenvalue weighted by molar-refractivity contribution is 0.617. The lowest BCUT2D eigenvalue weighted by Crippen LogP contribution is -2.19. The first kappa shape index (κ1) is 6.33. The second-order valence-corrected chi connectivity index (χ2v) is 2.54. The molecule has 5 heteroatoms. The minimum absolute atomic E-state index is 0.631. The van der Waals surface area contributed by atoms with Crippen LogP contribution in [0.1, 0.15) is 12.2 Å². The fraction of sp³-hybridized carbons (Fsp3) is 0.500. The number of nitrogens with two attached hydrogens (primary N) is 1. The standard InChI is InChI=1S/C6H9N5/c1-4-8-6-9-5(7)2-3-11(6)10-4/h2-3H2,1H3,(H2,7,8,9,10). The molecule has 2 N–H and O–H groups in total. The van der Waals surface area contributed by atoms with Crippen LogP contribution in [0.4, 0.5) is 5.95 Å². The number of aryl methyl sites for hydroxylation is 2. The highest BCUT2D eigenvalue weighted by molar-refractivity contribution is 5.83. The van der Waals surface area contributed by atoms with Crippen LogP contribution in [0.5, 0.6) is 0 Å². The molecule has 0 atom stereocenters. The Morgan fingerprint density at radius 2 is 2.36 bits per heavy atom. The summed E-state index contributed by atoms with van der Waals surface area (Å²) in [6.45, 7) is 2.64. The summed E-state index contributed by atoms with van der Waals surface area (Å²) in [5.74, 6) is 2.02. The summed E-state index contributed by atoms with van der Waals surface area (Å²) < 4.78 is 1.77. The van der Waals surface area contributed by atoms with E-state index in [2.05, 4.69) is 15.1 Å². The van der Waals surface area contributed by atoms with Gasteiger partial charge in [-0.2, -0.15) is 15.1 Å². The fourth-order valence-corrected chi connectivity index (χ4v) is 1.08. The van der Waals surface area contributed by atoms with Crippen LogP contribution in [-0.4, -0.2) is 20.6 Å². The van der Waals surface area contributed by atoms with E-state index in [0.29, 0.717) is 11.8 Å². The van der Waals surface area contributed by atoms with E-state index in [1.54, 1.807) is 4.68 Å². The van der Waals surface area contributed by atoms with Crippen molar-refractivity contribution in [1.29, 1.82) is 0 Å². The molecule has 58 valence electrons. The van der Waals surface area contributed by atoms with Gasteiger partial charge in [-0.25, -0.2) is 4.68 Å². The van der Waals surface area contributed by atoms with Gasteiger partial charge in [-0.15, -0.1) is 0 Å². The number of amidine groups is 1. The van der Waals surface area contributed by atoms with Crippen LogP contribution in [0, 0.1) is 6.92 Å². The molecule has 2 rings (SSSR count). The highest BCUT2D eigenvalue weighted by atomic mass is 15.4. The van der Waals surface area contributed by atoms with E-state index in [9.17, 15) is 0 Å². The minimum atomic E-state index is 0.631. The Morgan fingerprint density at radius 3 is 3.18 bits per heavy atom. The molecule has 2 heterocycles. The van der Waals surface area contributed by atoms with Crippen molar-refractivity contribution in [3.63, 3.8) is 0 Å². The van der Waals surface area contributed by atoms with Crippen LogP contribution in [0.15, 0.2) is 4.99 Å². The van der Waals surface area contributed by atoms with Crippen molar-refractivity contribution in [2.75, 3.05) is 0 Å². The van der Waals surface area contributed by atoms with Gasteiger partial charge in [0, 0.05) is 6.42 Å². The molecule has 0 unspecified atom stereocenters. The lowest BCUT2D eigenvalue weighted by Gasteiger charge is -2.07. The van der Waals surface area contributed by atoms with E-state index in [1.165, 1.54) is 0 Å². The molecule has 11 heavy (non-hydrogen) atoms. The van der Waals surface area contributed by atoms with Gasteiger partial charge in [0.1, 0.15) is 11.7 Å². The van der Waals surface area contributed by atoms with Crippen molar-refractivity contribution >= 4 is 11.8 Å². The van der Waals surface area contributed by atoms with E-state index in [4.69, 9.17) is 5.73 Å². The average Bonchev–Trinajstić information content (AvgIpc) is 2.27. The number of rotatable bonds is 0. The predicted molar refractivity (Wildman–Crippen MR) is 40.7 cm³/mol. The van der Waals surface area contributed by atoms with E-state index in [-0.39, 0.29) is 0 Å². The zero-order valence-corrected chi connectivity index (χ0v) is 6.28. The number of hydrogen-bond donors (Lipinski definition) is 1. The molecule has 1 aromatic heterocycles. The maximum atomic E-state index is 5.53. The first-order chi connectivity index (χ1) is 5.25. The molecule has 0 aliphatic carbocycles. The van der Waals surface area contributed by atoms with Crippen molar-refractivity contribution in [2.45, 2.75) is 19.9 Å². The Labute approximate surface area is 63.9 Å². The first-order valence-electron chi connectivity index (χ1n) is 3.50. The molecular weight excluding hydrogens is 142 g/mol. The van der Waals surface area contributed by atoms with E-state index in [0.717, 1.165) is 18.8 Å². The summed E-state index contributed by atoms with van der Waals surface area (Å²) in [6.07, 6.45) is 0.774. The summed E-state index contributed by atoms with van der Waals surface area (Å²) in [6, 6.07) is 0. The third-order valence-corrected chi connectivity index (χ3v) is 1.58. The Hall–Kier alpha value is -1.39. The van der Waals surface area contributed by atoms with Crippen LogP contribution in [-0.2, 0) is 6.54 Å². The van der Waals surface area contributed by atoms with Gasteiger partial charge in [0.2, 0.25) is 5.95 Å². The van der Waals surface area contributed by atoms with Gasteiger partial charge < -0.3 is 5.73 Å². The second-order valence-electron chi connectivity index (χ2n) is 2.54. The van der Waals surface area contributed by atoms with Gasteiger partial charge in [0.25, 0.3) is 0 Å². The number of hydrogen-bond acceptors (Lipinski definition) is 4. The topological polar surface area (TPSA) is 69.1 Å². The third-order valence-electron chi connectivity index (χ3n) is 1.58. The molecule has 0 saturated carbocycles. The molecule has 0 saturated heterocycles. The summed E-state index contributed by atoms with van der Waals surface area (Å²) in [5.41, 5.74) is 5.53. The Bertz CT molecular complexity index is 311. The van der Waals surface area contributed by atoms with Crippen molar-refractivity contribution in [3.8, 4) is 0 Å². The molecule has 0 amide bonds. The fourth-order valence-electron chi connectivity index (χ4n) is 1.08. The van der Waals surface area contributed by atoms with Crippen LogP contribution >= 0.6 is 0 Å². The van der Waals surface area contributed by atoms with Crippen molar-refractivity contribution in [1.82, 2.24) is 14.8 Å². The lowest BCUT2D eigenvalue weighted by atomic mass is 10.4. The molecule has 1 aliphatic heterocycles. The summed E-state index contributed by atoms with van der Waals surface area (Å²) in [7, 11) is 0. The largest absolute Gasteiger partial charge is 0.387 e. The maximum Gasteiger partial charge on any atom is 0.249 e. The van der Waals surface area contributed by atoms with E-state index >= 15 is 0 Å². The predicted octanol–water partition coefficient (Wildman–Crippen LogP) is -0.0211. The van der Waals surface area contributed by atoms with Crippen molar-refractivity contribution < 1.29 is 0 Å². The minimum Gasteiger partial charge on any atom is -0.387 e. The molecule has 0 fully saturated rings. The normalized spacial score (nSPS) is 15.9. The molecule has 0 radical (unpaired) electrons. The van der Waals surface area contributed by atoms with Crippen molar-refractivity contribution in [3.05, 3.63) is 5.82 Å². The monoisotopic (exact) mass is 151 g/mol. The zero-order valence-electron chi connectivity index (χ0n) is 6.28. The quantitative estimate of drug-likeness (QED) is 0.566. The van der Waals surface area contributed by atoms with E-state index < -0.39 is 0 Å². The van der Waals surface area contributed by atoms with Gasteiger partial charge in [0.05, 0.1) is 6.54 Å². The second kappa shape index (κ2) is 2.05. The summed E-state index contributed by atoms with van der Waals surface area (Å²) in [5, 5.41) is 4.13. The Balaban J connectivity index is 2.50. The highest BCUT2D eigenvalue weighted by Crippen LogP contribution is 2.13. The summed E-state index contributed by atoms with van der Waals surface area (Å²) >= 11 is 0. The van der Waals surface area contributed by atoms with Gasteiger partial charge in [0.15, 0.2) is 0 Å². The van der Waals surface area contributed by atoms with Gasteiger partial charge in [-0.1, -0.05) is 0 Å². The molecule has 0 spiro atoms. The molecule has 0 bridgehead atoms. The Kier molecular flexibility index (Phi) is 1.18. The smallest absolute Gasteiger partial charge is 0.249 e. The van der Waals surface area contributed by atoms with E-state index in [1.807, 2.05) is 6.92 Å². The van der Waals surface area contributed by atoms with Crippen LogP contribution in [0.25, 0.3) is 0 Å². The van der Waals surface area contributed by atoms with Crippen LogP contribution in [0.3, 0.4) is 0 Å². The van der Waals surface area contributed by atoms with Gasteiger partial charge >= 0.3 is 0 Å². The zero-order chi connectivity index (χ0) is 7.84. The highest BCUT2D eigenvalue weighted by Gasteiger charge is 2.11. The summed E-state index contributed by atoms with van der Waals surface area (Å²) in [4.78, 5) is 8.14. The molecule has 1 aliphatic rings. The maximum absolute atomic E-state index is 5.53. The molecule has 0 aromatic carbocycles. The Morgan fingerprint density at radius 1 is 1.55 bits per heavy atom. The number of fused-ring (bicyclic) bond motifs is 1. The molecular formula is C6H9N5. The number of aliphatic imine (C=N–C) groups is 1. The SMILES string of the molecule is Cc1nc2n(n1)CCC(N)=N2. The van der Waals surface area contributed by atoms with Gasteiger partial charge in [-0.05, 0) is 6.92 Å². The molecule has 5 nitrogen and oxygen atoms in total. The first-order valence-corrected chi connectivity index (χ1v) is 3.50. The third kappa shape index (κ3) is 0.978. The van der Waals surface area contributed by atoms with Crippen LogP contribution in [0.2, 0.25) is 0 Å². The average molecular weight is 151 g/mol. The molecule has 1 aromatic rings. The van der Waals surface area contributed by atoms with Crippen LogP contribution < -0.4 is 5.73 Å². The van der Waals surface area contributed by atoms with Crippen molar-refractivity contribution in [2.24, 2.45) is 10.7 Å². The number of aromatic nitrogens is 3. The number of nitrogens with zero attached hydrogens (tertiary/aromatic N) is 4. The van der Waals surface area contributed by atoms with Gasteiger partial charge in [-0.3, -0.25) is 0 Å².